The Morgan fingerprint density at radius 2 is 1.24 bits per heavy atom. The van der Waals surface area contributed by atoms with Crippen LogP contribution >= 0.6 is 46.6 Å². The van der Waals surface area contributed by atoms with Crippen LogP contribution in [0.25, 0.3) is 0 Å². The number of carbonyl (C=O) groups is 2. The Hall–Kier alpha value is -4.26. The van der Waals surface area contributed by atoms with Gasteiger partial charge in [0.15, 0.2) is 18.7 Å². The Bertz CT molecular complexity index is 2310. The number of rotatable bonds is 18. The molecule has 0 saturated carbocycles. The molecule has 13 nitrogen and oxygen atoms in total. The minimum absolute atomic E-state index is 0.0178. The van der Waals surface area contributed by atoms with E-state index in [4.69, 9.17) is 82.2 Å². The zero-order valence-corrected chi connectivity index (χ0v) is 40.1. The Morgan fingerprint density at radius 1 is 0.676 bits per heavy atom. The number of amides is 1. The molecule has 3 saturated heterocycles. The van der Waals surface area contributed by atoms with E-state index >= 15 is 0 Å². The molecule has 3 aliphatic rings. The normalized spacial score (nSPS) is 27.1. The Kier molecular flexibility index (Phi) is 18.1. The van der Waals surface area contributed by atoms with E-state index < -0.39 is 89.2 Å². The highest BCUT2D eigenvalue weighted by Gasteiger charge is 2.56. The van der Waals surface area contributed by atoms with E-state index in [2.05, 4.69) is 5.32 Å². The number of halogens is 3. The van der Waals surface area contributed by atoms with Crippen LogP contribution in [0.15, 0.2) is 157 Å². The first-order valence-electron chi connectivity index (χ1n) is 22.2. The summed E-state index contributed by atoms with van der Waals surface area (Å²) in [6.07, 6.45) is -9.89. The number of alkyl carbamates (subject to hydrolysis) is 1. The third kappa shape index (κ3) is 14.2. The number of hydrogen-bond donors (Lipinski definition) is 1. The fourth-order valence-corrected chi connectivity index (χ4v) is 9.42. The molecule has 5 aromatic rings. The first-order chi connectivity index (χ1) is 33.1. The van der Waals surface area contributed by atoms with E-state index in [1.165, 1.54) is 18.7 Å². The average Bonchev–Trinajstić information content (AvgIpc) is 3.35. The van der Waals surface area contributed by atoms with Crippen LogP contribution in [0.2, 0.25) is 0 Å². The highest BCUT2D eigenvalue weighted by atomic mass is 35.6. The predicted octanol–water partition coefficient (Wildman–Crippen LogP) is 9.51. The monoisotopic (exact) mass is 1010 g/mol. The summed E-state index contributed by atoms with van der Waals surface area (Å²) in [5.74, 6) is -0.625. The van der Waals surface area contributed by atoms with Gasteiger partial charge in [-0.3, -0.25) is 4.79 Å². The van der Waals surface area contributed by atoms with Crippen molar-refractivity contribution in [2.45, 2.75) is 102 Å². The van der Waals surface area contributed by atoms with Gasteiger partial charge in [-0.25, -0.2) is 4.79 Å². The van der Waals surface area contributed by atoms with Crippen LogP contribution in [-0.4, -0.2) is 96.2 Å². The second-order valence-electron chi connectivity index (χ2n) is 16.3. The zero-order chi connectivity index (χ0) is 47.3. The molecule has 3 heterocycles. The number of ether oxygens (including phenoxy) is 10. The summed E-state index contributed by atoms with van der Waals surface area (Å²) in [7, 11) is 0. The molecule has 0 aromatic heterocycles. The van der Waals surface area contributed by atoms with Gasteiger partial charge in [0.2, 0.25) is 3.79 Å². The largest absolute Gasteiger partial charge is 0.454 e. The van der Waals surface area contributed by atoms with Gasteiger partial charge in [0.25, 0.3) is 0 Å². The van der Waals surface area contributed by atoms with Crippen LogP contribution in [0.4, 0.5) is 4.79 Å². The molecule has 8 rings (SSSR count). The minimum atomic E-state index is -1.90. The summed E-state index contributed by atoms with van der Waals surface area (Å²) in [5.41, 5.74) is 2.61. The Labute approximate surface area is 414 Å². The molecule has 68 heavy (non-hydrogen) atoms. The highest BCUT2D eigenvalue weighted by Crippen LogP contribution is 2.42. The predicted molar refractivity (Wildman–Crippen MR) is 255 cm³/mol. The second-order valence-corrected chi connectivity index (χ2v) is 19.9. The number of benzene rings is 5. The van der Waals surface area contributed by atoms with E-state index in [-0.39, 0.29) is 33.0 Å². The number of hydrogen-bond acceptors (Lipinski definition) is 13. The van der Waals surface area contributed by atoms with E-state index in [1.54, 1.807) is 0 Å². The molecule has 3 fully saturated rings. The summed E-state index contributed by atoms with van der Waals surface area (Å²) >= 11 is 19.4. The Balaban J connectivity index is 1.19. The molecule has 3 aliphatic heterocycles. The fourth-order valence-electron chi connectivity index (χ4n) is 8.11. The molecule has 1 N–H and O–H groups in total. The molecule has 1 amide bonds. The molecule has 0 spiro atoms. The van der Waals surface area contributed by atoms with Crippen molar-refractivity contribution < 1.29 is 57.0 Å². The van der Waals surface area contributed by atoms with Crippen LogP contribution < -0.4 is 5.32 Å². The van der Waals surface area contributed by atoms with Crippen molar-refractivity contribution in [3.8, 4) is 0 Å². The maximum Gasteiger partial charge on any atom is 0.407 e. The van der Waals surface area contributed by atoms with Crippen molar-refractivity contribution in [2.75, 3.05) is 19.8 Å². The molecule has 0 radical (unpaired) electrons. The van der Waals surface area contributed by atoms with Crippen LogP contribution in [0.5, 0.6) is 0 Å². The summed E-state index contributed by atoms with van der Waals surface area (Å²) in [4.78, 5) is 27.9. The molecule has 17 heteroatoms. The number of fused-ring (bicyclic) bond motifs is 1. The molecular formula is C51H52Cl3NO12S. The molecule has 0 aliphatic carbocycles. The summed E-state index contributed by atoms with van der Waals surface area (Å²) in [6.45, 7) is 1.41. The van der Waals surface area contributed by atoms with Gasteiger partial charge in [0.05, 0.1) is 39.1 Å². The topological polar surface area (TPSA) is 138 Å². The summed E-state index contributed by atoms with van der Waals surface area (Å²) in [6, 6.07) is 46.9. The highest BCUT2D eigenvalue weighted by molar-refractivity contribution is 7.99. The molecule has 0 bridgehead atoms. The van der Waals surface area contributed by atoms with E-state index in [0.717, 1.165) is 27.1 Å². The van der Waals surface area contributed by atoms with Crippen LogP contribution in [0, 0.1) is 0 Å². The third-order valence-electron chi connectivity index (χ3n) is 11.2. The first kappa shape index (κ1) is 50.1. The van der Waals surface area contributed by atoms with Crippen molar-refractivity contribution in [2.24, 2.45) is 0 Å². The van der Waals surface area contributed by atoms with Crippen molar-refractivity contribution in [1.82, 2.24) is 5.32 Å². The number of nitrogens with one attached hydrogen (secondary N) is 1. The minimum Gasteiger partial charge on any atom is -0.454 e. The van der Waals surface area contributed by atoms with Crippen molar-refractivity contribution in [3.05, 3.63) is 174 Å². The standard InChI is InChI=1S/C51H52Cl3NO12S/c1-33(56)63-46-45(60-29-36-21-11-4-12-22-36)42(59-28-35-19-9-3-10-20-35)39(30-58-27-34-17-7-2-8-18-34)64-48(46)67-44-41(55-50(57)62-32-51(52,53)54)49(68-38-25-15-6-16-26-38)65-40-31-61-47(66-43(40)44)37-23-13-5-14-24-37/h2-26,39-49H,27-32H2,1H3,(H,55,57)/t39-,40-,41-,42-,43+,44-,45+,46-,47?,48+,49+/m1/s1. The third-order valence-corrected chi connectivity index (χ3v) is 12.7. The smallest absolute Gasteiger partial charge is 0.407 e. The van der Waals surface area contributed by atoms with Gasteiger partial charge in [0.1, 0.15) is 48.7 Å². The SMILES string of the molecule is CC(=O)O[C@H]1[C@H](O[C@@H]2[C@@H](NC(=O)OCC(Cl)(Cl)Cl)[C@H](Sc3ccccc3)O[C@@H]3COC(c4ccccc4)O[C@H]23)O[C@H](COCc2ccccc2)[C@@H](OCc2ccccc2)[C@@H]1OCc1ccccc1. The first-order valence-corrected chi connectivity index (χ1v) is 24.2. The number of alkyl halides is 3. The summed E-state index contributed by atoms with van der Waals surface area (Å²) < 4.78 is 63.6. The maximum absolute atomic E-state index is 13.8. The van der Waals surface area contributed by atoms with E-state index in [9.17, 15) is 9.59 Å². The number of carbonyl (C=O) groups excluding carboxylic acids is 2. The van der Waals surface area contributed by atoms with Gasteiger partial charge >= 0.3 is 12.1 Å². The van der Waals surface area contributed by atoms with Gasteiger partial charge < -0.3 is 52.7 Å². The Morgan fingerprint density at radius 3 is 1.82 bits per heavy atom. The van der Waals surface area contributed by atoms with Crippen molar-refractivity contribution >= 4 is 58.6 Å². The van der Waals surface area contributed by atoms with Gasteiger partial charge in [-0.2, -0.15) is 0 Å². The fraction of sp³-hybridized carbons (Fsp3) is 0.373. The molecule has 11 atom stereocenters. The van der Waals surface area contributed by atoms with Gasteiger partial charge in [-0.15, -0.1) is 0 Å². The van der Waals surface area contributed by atoms with E-state index in [1.807, 2.05) is 152 Å². The lowest BCUT2D eigenvalue weighted by atomic mass is 9.95. The molecule has 5 aromatic carbocycles. The average molecular weight is 1010 g/mol. The lowest BCUT2D eigenvalue weighted by Gasteiger charge is -2.52. The maximum atomic E-state index is 13.8. The number of thioether (sulfide) groups is 1. The zero-order valence-electron chi connectivity index (χ0n) is 37.0. The van der Waals surface area contributed by atoms with Crippen LogP contribution in [0.1, 0.15) is 35.5 Å². The quantitative estimate of drug-likeness (QED) is 0.0660. The second kappa shape index (κ2) is 24.5. The lowest BCUT2D eigenvalue weighted by Crippen LogP contribution is -2.69. The van der Waals surface area contributed by atoms with Crippen LogP contribution in [-0.2, 0) is 72.0 Å². The number of esters is 1. The van der Waals surface area contributed by atoms with Gasteiger partial charge in [-0.1, -0.05) is 186 Å². The lowest BCUT2D eigenvalue weighted by molar-refractivity contribution is -0.363. The summed E-state index contributed by atoms with van der Waals surface area (Å²) in [5, 5.41) is 2.94. The van der Waals surface area contributed by atoms with Gasteiger partial charge in [-0.05, 0) is 28.8 Å². The molecule has 360 valence electrons. The van der Waals surface area contributed by atoms with Gasteiger partial charge in [0, 0.05) is 17.4 Å². The molecular weight excluding hydrogens is 957 g/mol. The van der Waals surface area contributed by atoms with Crippen LogP contribution in [0.3, 0.4) is 0 Å². The van der Waals surface area contributed by atoms with Crippen molar-refractivity contribution in [3.63, 3.8) is 0 Å². The molecule has 1 unspecified atom stereocenters. The van der Waals surface area contributed by atoms with Crippen molar-refractivity contribution in [1.29, 1.82) is 0 Å². The van der Waals surface area contributed by atoms with E-state index in [0.29, 0.717) is 0 Å².